The number of hydrogen-bond donors (Lipinski definition) is 0. The smallest absolute Gasteiger partial charge is 0.254 e. The third kappa shape index (κ3) is 4.01. The maximum atomic E-state index is 14.0. The normalized spacial score (nSPS) is 19.1. The first-order chi connectivity index (χ1) is 14.4. The van der Waals surface area contributed by atoms with E-state index >= 15 is 0 Å². The molecule has 0 saturated carbocycles. The van der Waals surface area contributed by atoms with E-state index in [4.69, 9.17) is 0 Å². The number of nitrogens with zero attached hydrogens (tertiary/aromatic N) is 3. The molecule has 0 N–H and O–H groups in total. The van der Waals surface area contributed by atoms with E-state index in [-0.39, 0.29) is 17.5 Å². The highest BCUT2D eigenvalue weighted by molar-refractivity contribution is 7.92. The molecule has 2 fully saturated rings. The van der Waals surface area contributed by atoms with Crippen molar-refractivity contribution in [2.24, 2.45) is 0 Å². The van der Waals surface area contributed by atoms with E-state index in [0.29, 0.717) is 56.1 Å². The van der Waals surface area contributed by atoms with Crippen LogP contribution in [0.15, 0.2) is 42.5 Å². The Bertz CT molecular complexity index is 1050. The molecule has 1 amide bonds. The second-order valence-corrected chi connectivity index (χ2v) is 9.84. The molecule has 2 aromatic carbocycles. The summed E-state index contributed by atoms with van der Waals surface area (Å²) in [5, 5.41) is 0. The van der Waals surface area contributed by atoms with E-state index in [2.05, 4.69) is 0 Å². The second-order valence-electron chi connectivity index (χ2n) is 7.83. The summed E-state index contributed by atoms with van der Waals surface area (Å²) in [6.07, 6.45) is 1.48. The quantitative estimate of drug-likeness (QED) is 0.750. The number of benzene rings is 2. The van der Waals surface area contributed by atoms with Crippen LogP contribution in [0.3, 0.4) is 0 Å². The Hall–Kier alpha value is -2.61. The second kappa shape index (κ2) is 8.26. The third-order valence-electron chi connectivity index (χ3n) is 5.83. The summed E-state index contributed by atoms with van der Waals surface area (Å²) >= 11 is 0. The van der Waals surface area contributed by atoms with Crippen molar-refractivity contribution in [3.63, 3.8) is 0 Å². The highest BCUT2D eigenvalue weighted by atomic mass is 32.2. The molecule has 0 spiro atoms. The van der Waals surface area contributed by atoms with Crippen LogP contribution in [-0.4, -0.2) is 57.7 Å². The number of piperazine rings is 1. The molecule has 0 bridgehead atoms. The van der Waals surface area contributed by atoms with Crippen LogP contribution in [0, 0.1) is 12.7 Å². The van der Waals surface area contributed by atoms with E-state index in [1.807, 2.05) is 17.9 Å². The van der Waals surface area contributed by atoms with Gasteiger partial charge >= 0.3 is 0 Å². The zero-order valence-electron chi connectivity index (χ0n) is 17.1. The van der Waals surface area contributed by atoms with Gasteiger partial charge in [-0.05, 0) is 49.6 Å². The topological polar surface area (TPSA) is 60.9 Å². The first kappa shape index (κ1) is 20.7. The van der Waals surface area contributed by atoms with Gasteiger partial charge in [-0.25, -0.2) is 12.8 Å². The number of carbonyl (C=O) groups is 1. The zero-order valence-corrected chi connectivity index (χ0v) is 17.9. The van der Waals surface area contributed by atoms with E-state index < -0.39 is 10.0 Å². The summed E-state index contributed by atoms with van der Waals surface area (Å²) in [7, 11) is -3.34. The minimum Gasteiger partial charge on any atom is -0.366 e. The van der Waals surface area contributed by atoms with Crippen LogP contribution >= 0.6 is 0 Å². The van der Waals surface area contributed by atoms with Gasteiger partial charge in [-0.3, -0.25) is 9.10 Å². The number of anilines is 2. The maximum absolute atomic E-state index is 14.0. The Kier molecular flexibility index (Phi) is 5.69. The van der Waals surface area contributed by atoms with Crippen molar-refractivity contribution in [2.75, 3.05) is 47.7 Å². The summed E-state index contributed by atoms with van der Waals surface area (Å²) < 4.78 is 40.5. The predicted octanol–water partition coefficient (Wildman–Crippen LogP) is 3.03. The van der Waals surface area contributed by atoms with Crippen LogP contribution in [0.5, 0.6) is 0 Å². The summed E-state index contributed by atoms with van der Waals surface area (Å²) in [6.45, 7) is 4.37. The van der Waals surface area contributed by atoms with Crippen LogP contribution in [-0.2, 0) is 10.0 Å². The van der Waals surface area contributed by atoms with Gasteiger partial charge in [0.1, 0.15) is 5.82 Å². The van der Waals surface area contributed by atoms with Crippen molar-refractivity contribution in [3.8, 4) is 0 Å². The minimum absolute atomic E-state index is 0.126. The van der Waals surface area contributed by atoms with Gasteiger partial charge in [0.05, 0.1) is 17.1 Å². The fraction of sp³-hybridized carbons (Fsp3) is 0.409. The van der Waals surface area contributed by atoms with E-state index in [1.54, 1.807) is 35.2 Å². The number of carbonyl (C=O) groups excluding carboxylic acids is 1. The number of amides is 1. The fourth-order valence-corrected chi connectivity index (χ4v) is 5.80. The molecule has 0 radical (unpaired) electrons. The molecule has 4 rings (SSSR count). The summed E-state index contributed by atoms with van der Waals surface area (Å²) in [4.78, 5) is 16.8. The summed E-state index contributed by atoms with van der Waals surface area (Å²) in [5.41, 5.74) is 2.46. The van der Waals surface area contributed by atoms with Gasteiger partial charge in [-0.15, -0.1) is 0 Å². The Morgan fingerprint density at radius 1 is 0.933 bits per heavy atom. The highest BCUT2D eigenvalue weighted by Gasteiger charge is 2.29. The van der Waals surface area contributed by atoms with Gasteiger partial charge in [-0.2, -0.15) is 0 Å². The lowest BCUT2D eigenvalue weighted by molar-refractivity contribution is 0.0746. The van der Waals surface area contributed by atoms with Crippen LogP contribution < -0.4 is 9.21 Å². The standard InChI is InChI=1S/C22H26FN3O3S/c1-17-8-9-18(16-21(17)26-10-4-5-15-30(26,28)29)22(27)25-13-11-24(12-14-25)20-7-3-2-6-19(20)23/h2-3,6-9,16H,4-5,10-15H2,1H3. The average molecular weight is 432 g/mol. The molecule has 0 aromatic heterocycles. The lowest BCUT2D eigenvalue weighted by Gasteiger charge is -2.36. The Labute approximate surface area is 176 Å². The first-order valence-electron chi connectivity index (χ1n) is 10.3. The van der Waals surface area contributed by atoms with Crippen molar-refractivity contribution < 1.29 is 17.6 Å². The Morgan fingerprint density at radius 2 is 1.67 bits per heavy atom. The van der Waals surface area contributed by atoms with Crippen molar-refractivity contribution in [2.45, 2.75) is 19.8 Å². The molecule has 2 saturated heterocycles. The largest absolute Gasteiger partial charge is 0.366 e. The van der Waals surface area contributed by atoms with Crippen LogP contribution in [0.1, 0.15) is 28.8 Å². The van der Waals surface area contributed by atoms with Gasteiger partial charge in [0, 0.05) is 38.3 Å². The van der Waals surface area contributed by atoms with E-state index in [9.17, 15) is 17.6 Å². The monoisotopic (exact) mass is 431 g/mol. The number of rotatable bonds is 3. The van der Waals surface area contributed by atoms with Crippen molar-refractivity contribution >= 4 is 27.3 Å². The van der Waals surface area contributed by atoms with Gasteiger partial charge in [0.2, 0.25) is 10.0 Å². The molecule has 6 nitrogen and oxygen atoms in total. The summed E-state index contributed by atoms with van der Waals surface area (Å²) in [6, 6.07) is 11.9. The molecule has 2 aromatic rings. The molecule has 30 heavy (non-hydrogen) atoms. The molecule has 160 valence electrons. The highest BCUT2D eigenvalue weighted by Crippen LogP contribution is 2.29. The number of hydrogen-bond acceptors (Lipinski definition) is 4. The molecule has 0 aliphatic carbocycles. The average Bonchev–Trinajstić information content (AvgIpc) is 2.74. The molecule has 0 atom stereocenters. The van der Waals surface area contributed by atoms with Gasteiger partial charge < -0.3 is 9.80 Å². The zero-order chi connectivity index (χ0) is 21.3. The molecular formula is C22H26FN3O3S. The van der Waals surface area contributed by atoms with Crippen LogP contribution in [0.4, 0.5) is 15.8 Å². The molecule has 2 heterocycles. The predicted molar refractivity (Wildman–Crippen MR) is 116 cm³/mol. The number of halogens is 1. The van der Waals surface area contributed by atoms with Crippen LogP contribution in [0.25, 0.3) is 0 Å². The fourth-order valence-electron chi connectivity index (χ4n) is 4.11. The Morgan fingerprint density at radius 3 is 2.37 bits per heavy atom. The Balaban J connectivity index is 1.50. The van der Waals surface area contributed by atoms with Crippen molar-refractivity contribution in [1.29, 1.82) is 0 Å². The number of sulfonamides is 1. The number of aryl methyl sites for hydroxylation is 1. The van der Waals surface area contributed by atoms with E-state index in [1.165, 1.54) is 10.4 Å². The van der Waals surface area contributed by atoms with Gasteiger partial charge in [-0.1, -0.05) is 18.2 Å². The molecule has 8 heteroatoms. The lowest BCUT2D eigenvalue weighted by Crippen LogP contribution is -2.49. The summed E-state index contributed by atoms with van der Waals surface area (Å²) in [5.74, 6) is -0.246. The first-order valence-corrected chi connectivity index (χ1v) is 11.9. The van der Waals surface area contributed by atoms with Crippen LogP contribution in [0.2, 0.25) is 0 Å². The van der Waals surface area contributed by atoms with Gasteiger partial charge in [0.25, 0.3) is 5.91 Å². The lowest BCUT2D eigenvalue weighted by atomic mass is 10.1. The van der Waals surface area contributed by atoms with E-state index in [0.717, 1.165) is 12.0 Å². The molecule has 2 aliphatic heterocycles. The van der Waals surface area contributed by atoms with Gasteiger partial charge in [0.15, 0.2) is 0 Å². The molecule has 2 aliphatic rings. The number of para-hydroxylation sites is 1. The SMILES string of the molecule is Cc1ccc(C(=O)N2CCN(c3ccccc3F)CC2)cc1N1CCCCS1(=O)=O. The molecular weight excluding hydrogens is 405 g/mol. The van der Waals surface area contributed by atoms with Crippen molar-refractivity contribution in [3.05, 3.63) is 59.4 Å². The third-order valence-corrected chi connectivity index (χ3v) is 7.69. The molecule has 0 unspecified atom stereocenters. The minimum atomic E-state index is -3.34. The van der Waals surface area contributed by atoms with Crippen molar-refractivity contribution in [1.82, 2.24) is 4.90 Å². The maximum Gasteiger partial charge on any atom is 0.254 e.